The van der Waals surface area contributed by atoms with Gasteiger partial charge in [0.2, 0.25) is 0 Å². The van der Waals surface area contributed by atoms with E-state index in [0.717, 1.165) is 12.1 Å². The Morgan fingerprint density at radius 3 is 2.38 bits per heavy atom. The molecule has 0 radical (unpaired) electrons. The molecule has 0 saturated carbocycles. The van der Waals surface area contributed by atoms with Crippen molar-refractivity contribution >= 4 is 11.8 Å². The van der Waals surface area contributed by atoms with Gasteiger partial charge in [-0.2, -0.15) is 13.2 Å². The van der Waals surface area contributed by atoms with E-state index in [1.807, 2.05) is 0 Å². The molecule has 8 heteroatoms. The van der Waals surface area contributed by atoms with E-state index in [0.29, 0.717) is 22.6 Å². The molecule has 2 rings (SSSR count). The summed E-state index contributed by atoms with van der Waals surface area (Å²) in [5.41, 5.74) is 1.03. The topological polar surface area (TPSA) is 62.5 Å². The number of carboxylic acid groups (broad SMARTS) is 1. The molecule has 0 bridgehead atoms. The van der Waals surface area contributed by atoms with E-state index in [2.05, 4.69) is 0 Å². The molecule has 0 atom stereocenters. The predicted molar refractivity (Wildman–Crippen MR) is 89.7 cm³/mol. The van der Waals surface area contributed by atoms with E-state index in [1.165, 1.54) is 18.0 Å². The zero-order valence-electron chi connectivity index (χ0n) is 14.6. The highest BCUT2D eigenvalue weighted by Crippen LogP contribution is 2.31. The quantitative estimate of drug-likeness (QED) is 0.795. The van der Waals surface area contributed by atoms with Crippen molar-refractivity contribution in [1.82, 2.24) is 9.47 Å². The molecule has 0 spiro atoms. The minimum absolute atomic E-state index is 0.0980. The Labute approximate surface area is 148 Å². The highest BCUT2D eigenvalue weighted by molar-refractivity contribution is 5.99. The molecular formula is C18H19F3N2O3. The number of nitrogens with zero attached hydrogens (tertiary/aromatic N) is 2. The lowest BCUT2D eigenvalue weighted by Gasteiger charge is -2.14. The maximum atomic E-state index is 12.9. The number of carboxylic acids is 1. The molecule has 0 aliphatic heterocycles. The second kappa shape index (κ2) is 7.33. The lowest BCUT2D eigenvalue weighted by Crippen LogP contribution is -2.31. The molecule has 0 saturated heterocycles. The zero-order valence-corrected chi connectivity index (χ0v) is 14.6. The Morgan fingerprint density at radius 2 is 1.81 bits per heavy atom. The summed E-state index contributed by atoms with van der Waals surface area (Å²) in [4.78, 5) is 24.5. The number of carbonyl (C=O) groups is 2. The average Bonchev–Trinajstić information content (AvgIpc) is 2.80. The second-order valence-corrected chi connectivity index (χ2v) is 6.16. The highest BCUT2D eigenvalue weighted by Gasteiger charge is 2.30. The first-order chi connectivity index (χ1) is 12.0. The summed E-state index contributed by atoms with van der Waals surface area (Å²) in [6.45, 7) is 2.97. The van der Waals surface area contributed by atoms with Crippen LogP contribution in [0.4, 0.5) is 13.2 Å². The van der Waals surface area contributed by atoms with E-state index in [1.54, 1.807) is 30.5 Å². The van der Waals surface area contributed by atoms with Crippen molar-refractivity contribution < 1.29 is 27.9 Å². The third-order valence-corrected chi connectivity index (χ3v) is 3.98. The minimum Gasteiger partial charge on any atom is -0.480 e. The predicted octanol–water partition coefficient (Wildman–Crippen LogP) is 3.31. The molecule has 26 heavy (non-hydrogen) atoms. The number of hydrogen-bond acceptors (Lipinski definition) is 3. The summed E-state index contributed by atoms with van der Waals surface area (Å²) in [7, 11) is 1.51. The Kier molecular flexibility index (Phi) is 5.56. The number of aromatic nitrogens is 1. The standard InChI is InChI=1S/C18H19F3N2O3/c1-11-7-15(16(24)9-22(3)10-17(25)26)12(2)23(11)14-6-4-5-13(8-14)18(19,20)21/h4-8H,9-10H2,1-3H3,(H,25,26). The summed E-state index contributed by atoms with van der Waals surface area (Å²) in [5.74, 6) is -1.34. The van der Waals surface area contributed by atoms with Crippen molar-refractivity contribution in [3.8, 4) is 5.69 Å². The van der Waals surface area contributed by atoms with Crippen molar-refractivity contribution in [2.24, 2.45) is 0 Å². The van der Waals surface area contributed by atoms with Crippen LogP contribution in [0, 0.1) is 13.8 Å². The van der Waals surface area contributed by atoms with Crippen molar-refractivity contribution in [3.05, 3.63) is 52.8 Å². The molecule has 0 unspecified atom stereocenters. The molecule has 0 amide bonds. The molecule has 0 aliphatic carbocycles. The second-order valence-electron chi connectivity index (χ2n) is 6.16. The van der Waals surface area contributed by atoms with Crippen LogP contribution < -0.4 is 0 Å². The lowest BCUT2D eigenvalue weighted by atomic mass is 10.1. The number of rotatable bonds is 6. The average molecular weight is 368 g/mol. The van der Waals surface area contributed by atoms with Gasteiger partial charge in [-0.05, 0) is 45.2 Å². The first kappa shape index (κ1) is 19.7. The van der Waals surface area contributed by atoms with Crippen LogP contribution in [0.25, 0.3) is 5.69 Å². The largest absolute Gasteiger partial charge is 0.480 e. The van der Waals surface area contributed by atoms with E-state index >= 15 is 0 Å². The van der Waals surface area contributed by atoms with Gasteiger partial charge in [0.05, 0.1) is 18.7 Å². The van der Waals surface area contributed by atoms with Crippen LogP contribution in [0.3, 0.4) is 0 Å². The summed E-state index contributed by atoms with van der Waals surface area (Å²) >= 11 is 0. The SMILES string of the molecule is Cc1cc(C(=O)CN(C)CC(=O)O)c(C)n1-c1cccc(C(F)(F)F)c1. The van der Waals surface area contributed by atoms with Crippen LogP contribution in [0.15, 0.2) is 30.3 Å². The molecule has 1 N–H and O–H groups in total. The Morgan fingerprint density at radius 1 is 1.15 bits per heavy atom. The monoisotopic (exact) mass is 368 g/mol. The summed E-state index contributed by atoms with van der Waals surface area (Å²) < 4.78 is 40.4. The van der Waals surface area contributed by atoms with Crippen LogP contribution in [0.2, 0.25) is 0 Å². The number of alkyl halides is 3. The van der Waals surface area contributed by atoms with E-state index < -0.39 is 17.7 Å². The van der Waals surface area contributed by atoms with Gasteiger partial charge in [0.25, 0.3) is 0 Å². The van der Waals surface area contributed by atoms with Gasteiger partial charge in [-0.25, -0.2) is 0 Å². The lowest BCUT2D eigenvalue weighted by molar-refractivity contribution is -0.138. The molecule has 5 nitrogen and oxygen atoms in total. The van der Waals surface area contributed by atoms with Crippen molar-refractivity contribution in [2.45, 2.75) is 20.0 Å². The van der Waals surface area contributed by atoms with Gasteiger partial charge in [0, 0.05) is 22.6 Å². The Hall–Kier alpha value is -2.61. The number of hydrogen-bond donors (Lipinski definition) is 1. The van der Waals surface area contributed by atoms with Crippen LogP contribution in [0.5, 0.6) is 0 Å². The molecule has 2 aromatic rings. The number of halogens is 3. The number of ketones is 1. The zero-order chi connectivity index (χ0) is 19.6. The smallest absolute Gasteiger partial charge is 0.416 e. The van der Waals surface area contributed by atoms with Crippen LogP contribution >= 0.6 is 0 Å². The maximum Gasteiger partial charge on any atom is 0.416 e. The Balaban J connectivity index is 2.36. The number of likely N-dealkylation sites (N-methyl/N-ethyl adjacent to an activating group) is 1. The Bertz CT molecular complexity index is 841. The molecule has 0 fully saturated rings. The fourth-order valence-corrected chi connectivity index (χ4v) is 2.88. The third-order valence-electron chi connectivity index (χ3n) is 3.98. The van der Waals surface area contributed by atoms with Gasteiger partial charge in [-0.15, -0.1) is 0 Å². The highest BCUT2D eigenvalue weighted by atomic mass is 19.4. The first-order valence-corrected chi connectivity index (χ1v) is 7.81. The number of carbonyl (C=O) groups excluding carboxylic acids is 1. The van der Waals surface area contributed by atoms with Gasteiger partial charge in [0.15, 0.2) is 5.78 Å². The van der Waals surface area contributed by atoms with Crippen LogP contribution in [-0.2, 0) is 11.0 Å². The summed E-state index contributed by atoms with van der Waals surface area (Å²) in [6.07, 6.45) is -4.46. The fraction of sp³-hybridized carbons (Fsp3) is 0.333. The van der Waals surface area contributed by atoms with E-state index in [-0.39, 0.29) is 18.9 Å². The summed E-state index contributed by atoms with van der Waals surface area (Å²) in [6, 6.07) is 6.49. The number of Topliss-reactive ketones (excluding diaryl/α,β-unsaturated/α-hetero) is 1. The van der Waals surface area contributed by atoms with Gasteiger partial charge < -0.3 is 9.67 Å². The van der Waals surface area contributed by atoms with Gasteiger partial charge >= 0.3 is 12.1 Å². The van der Waals surface area contributed by atoms with Crippen molar-refractivity contribution in [2.75, 3.05) is 20.1 Å². The van der Waals surface area contributed by atoms with Crippen LogP contribution in [0.1, 0.15) is 27.3 Å². The normalized spacial score (nSPS) is 11.8. The van der Waals surface area contributed by atoms with Crippen molar-refractivity contribution in [3.63, 3.8) is 0 Å². The number of aryl methyl sites for hydroxylation is 1. The number of benzene rings is 1. The molecule has 1 heterocycles. The number of aliphatic carboxylic acids is 1. The molecule has 1 aromatic carbocycles. The van der Waals surface area contributed by atoms with E-state index in [4.69, 9.17) is 5.11 Å². The van der Waals surface area contributed by atoms with Gasteiger partial charge in [-0.3, -0.25) is 14.5 Å². The molecule has 0 aliphatic rings. The third kappa shape index (κ3) is 4.32. The maximum absolute atomic E-state index is 12.9. The van der Waals surface area contributed by atoms with Crippen molar-refractivity contribution in [1.29, 1.82) is 0 Å². The van der Waals surface area contributed by atoms with Crippen LogP contribution in [-0.4, -0.2) is 46.5 Å². The van der Waals surface area contributed by atoms with E-state index in [9.17, 15) is 22.8 Å². The first-order valence-electron chi connectivity index (χ1n) is 7.81. The fourth-order valence-electron chi connectivity index (χ4n) is 2.88. The molecule has 140 valence electrons. The molecular weight excluding hydrogens is 349 g/mol. The molecule has 1 aromatic heterocycles. The summed E-state index contributed by atoms with van der Waals surface area (Å²) in [5, 5.41) is 8.76. The minimum atomic E-state index is -4.46. The van der Waals surface area contributed by atoms with Gasteiger partial charge in [0.1, 0.15) is 0 Å². The van der Waals surface area contributed by atoms with Gasteiger partial charge in [-0.1, -0.05) is 6.07 Å².